The fourth-order valence-electron chi connectivity index (χ4n) is 7.01. The molecule has 318 valence electrons. The molecule has 0 fully saturated rings. The quantitative estimate of drug-likeness (QED) is 0.0836. The zero-order chi connectivity index (χ0) is 44.9. The lowest BCUT2D eigenvalue weighted by Crippen LogP contribution is -2.01. The molecule has 0 saturated heterocycles. The van der Waals surface area contributed by atoms with Crippen LogP contribution in [0, 0.1) is 0 Å². The number of hydrogen-bond acceptors (Lipinski definition) is 15. The highest BCUT2D eigenvalue weighted by Gasteiger charge is 2.28. The van der Waals surface area contributed by atoms with E-state index in [0.29, 0.717) is 33.4 Å². The summed E-state index contributed by atoms with van der Waals surface area (Å²) in [5, 5.41) is 0. The third-order valence-corrected chi connectivity index (χ3v) is 9.96. The van der Waals surface area contributed by atoms with Gasteiger partial charge >= 0.3 is 35.8 Å². The van der Waals surface area contributed by atoms with E-state index in [9.17, 15) is 28.8 Å². The van der Waals surface area contributed by atoms with Crippen LogP contribution in [0.4, 0.5) is 0 Å². The molecule has 1 aromatic carbocycles. The first-order valence-electron chi connectivity index (χ1n) is 18.8. The average molecular weight is 853 g/mol. The molecule has 0 bridgehead atoms. The van der Waals surface area contributed by atoms with E-state index in [-0.39, 0.29) is 67.9 Å². The summed E-state index contributed by atoms with van der Waals surface area (Å²) in [6, 6.07) is 28.2. The average Bonchev–Trinajstić information content (AvgIpc) is 3.80. The van der Waals surface area contributed by atoms with E-state index in [0.717, 1.165) is 0 Å². The monoisotopic (exact) mass is 852 g/mol. The Bertz CT molecular complexity index is 2390. The van der Waals surface area contributed by atoms with Crippen LogP contribution in [0.25, 0.3) is 33.4 Å². The number of methoxy groups -OCH3 is 6. The second kappa shape index (κ2) is 18.0. The number of esters is 6. The van der Waals surface area contributed by atoms with Gasteiger partial charge in [-0.05, 0) is 124 Å². The summed E-state index contributed by atoms with van der Waals surface area (Å²) < 4.78 is 48.8. The van der Waals surface area contributed by atoms with Crippen molar-refractivity contribution >= 4 is 35.8 Å². The van der Waals surface area contributed by atoms with Crippen molar-refractivity contribution < 1.29 is 71.4 Å². The largest absolute Gasteiger partial charge is 0.465 e. The molecule has 0 heterocycles. The van der Waals surface area contributed by atoms with Crippen LogP contribution in [-0.2, 0) is 28.4 Å². The molecule has 1 aromatic rings. The van der Waals surface area contributed by atoms with Crippen molar-refractivity contribution in [2.75, 3.05) is 42.7 Å². The lowest BCUT2D eigenvalue weighted by Gasteiger charge is -2.12. The fourth-order valence-corrected chi connectivity index (χ4v) is 7.01. The van der Waals surface area contributed by atoms with Crippen LogP contribution in [0.2, 0.25) is 0 Å². The predicted molar refractivity (Wildman–Crippen MR) is 224 cm³/mol. The zero-order valence-electron chi connectivity index (χ0n) is 34.5. The molecule has 0 spiro atoms. The van der Waals surface area contributed by atoms with Gasteiger partial charge in [-0.1, -0.05) is 0 Å². The summed E-state index contributed by atoms with van der Waals surface area (Å²) in [5.41, 5.74) is 3.43. The molecule has 0 radical (unpaired) electrons. The Morgan fingerprint density at radius 1 is 0.254 bits per heavy atom. The molecule has 7 rings (SSSR count). The minimum atomic E-state index is -0.650. The Labute approximate surface area is 359 Å². The van der Waals surface area contributed by atoms with Crippen LogP contribution in [0.1, 0.15) is 62.1 Å². The number of ether oxygens (including phenoxy) is 9. The summed E-state index contributed by atoms with van der Waals surface area (Å²) in [6.45, 7) is 0. The van der Waals surface area contributed by atoms with E-state index in [1.807, 2.05) is 0 Å². The number of rotatable bonds is 12. The predicted octanol–water partition coefficient (Wildman–Crippen LogP) is 9.10. The van der Waals surface area contributed by atoms with Gasteiger partial charge in [-0.2, -0.15) is 0 Å². The molecule has 63 heavy (non-hydrogen) atoms. The molecule has 6 aliphatic carbocycles. The van der Waals surface area contributed by atoms with Crippen molar-refractivity contribution in [3.63, 3.8) is 0 Å². The Hall–Kier alpha value is -8.46. The highest BCUT2D eigenvalue weighted by Crippen LogP contribution is 2.41. The van der Waals surface area contributed by atoms with Crippen molar-refractivity contribution in [3.8, 4) is 67.9 Å². The molecule has 6 aliphatic rings. The first-order chi connectivity index (χ1) is 30.4. The standard InChI is InChI=1S/C48H36O15/c1-55-43(49)37-22-38(44(50)56-2)32-14-8-25(7-13-31(32)37)61-28-19-29(62-26-9-15-33-34(16-10-26)40(46(52)58-4)23-39(33)45(51)57-3)21-30(20-28)63-27-11-17-35-36(18-12-27)42(48(54)60-6)24-41(35)47(53)59-5/h7-24H,1-6H3. The molecule has 15 nitrogen and oxygen atoms in total. The summed E-state index contributed by atoms with van der Waals surface area (Å²) in [7, 11) is 7.41. The third-order valence-electron chi connectivity index (χ3n) is 9.96. The molecule has 0 atom stereocenters. The molecular weight excluding hydrogens is 817 g/mol. The number of fused-ring (bicyclic) bond motifs is 3. The van der Waals surface area contributed by atoms with Gasteiger partial charge in [0.05, 0.1) is 76.0 Å². The van der Waals surface area contributed by atoms with Crippen molar-refractivity contribution in [1.82, 2.24) is 0 Å². The van der Waals surface area contributed by atoms with E-state index in [4.69, 9.17) is 42.6 Å². The first kappa shape index (κ1) is 42.7. The van der Waals surface area contributed by atoms with Crippen LogP contribution >= 0.6 is 0 Å². The van der Waals surface area contributed by atoms with E-state index >= 15 is 0 Å². The maximum Gasteiger partial charge on any atom is 0.338 e. The Morgan fingerprint density at radius 3 is 0.587 bits per heavy atom. The number of carbonyl (C=O) groups excluding carboxylic acids is 6. The van der Waals surface area contributed by atoms with Gasteiger partial charge < -0.3 is 42.6 Å². The second-order valence-electron chi connectivity index (χ2n) is 13.5. The maximum atomic E-state index is 12.7. The molecule has 0 saturated carbocycles. The van der Waals surface area contributed by atoms with Gasteiger partial charge in [0.1, 0.15) is 34.5 Å². The summed E-state index contributed by atoms with van der Waals surface area (Å²) in [5.74, 6) is -2.39. The normalized spacial score (nSPS) is 10.8. The van der Waals surface area contributed by atoms with E-state index in [1.54, 1.807) is 91.0 Å². The van der Waals surface area contributed by atoms with Crippen molar-refractivity contribution in [2.24, 2.45) is 0 Å². The lowest BCUT2D eigenvalue weighted by atomic mass is 10.1. The SMILES string of the molecule is COC(=O)c1cc(C(=O)OC)c2ccc(Oc3cc(Oc4ccc5c(C(=O)OC)cc(C(=O)OC)c-5cc4)cc(Oc4ccc5c(C(=O)OC)cc(C(=O)OC)c-5cc4)c3)ccc1-2. The maximum absolute atomic E-state index is 12.7. The molecule has 0 amide bonds. The summed E-state index contributed by atoms with van der Waals surface area (Å²) in [6.07, 6.45) is 0. The zero-order valence-corrected chi connectivity index (χ0v) is 34.5. The topological polar surface area (TPSA) is 185 Å². The third kappa shape index (κ3) is 8.48. The van der Waals surface area contributed by atoms with E-state index in [1.165, 1.54) is 60.9 Å². The smallest absolute Gasteiger partial charge is 0.338 e. The van der Waals surface area contributed by atoms with Gasteiger partial charge in [-0.3, -0.25) is 0 Å². The Balaban J connectivity index is 1.32. The van der Waals surface area contributed by atoms with Gasteiger partial charge in [-0.25, -0.2) is 28.8 Å². The first-order valence-corrected chi connectivity index (χ1v) is 18.8. The summed E-state index contributed by atoms with van der Waals surface area (Å²) >= 11 is 0. The van der Waals surface area contributed by atoms with Crippen molar-refractivity contribution in [2.45, 2.75) is 0 Å². The Kier molecular flexibility index (Phi) is 12.2. The van der Waals surface area contributed by atoms with Crippen molar-refractivity contribution in [3.05, 3.63) is 143 Å². The van der Waals surface area contributed by atoms with Gasteiger partial charge in [0.15, 0.2) is 0 Å². The fraction of sp³-hybridized carbons (Fsp3) is 0.125. The molecule has 0 aromatic heterocycles. The van der Waals surface area contributed by atoms with Crippen LogP contribution < -0.4 is 14.2 Å². The molecular formula is C48H36O15. The molecule has 0 aliphatic heterocycles. The van der Waals surface area contributed by atoms with E-state index < -0.39 is 35.8 Å². The van der Waals surface area contributed by atoms with Crippen molar-refractivity contribution in [1.29, 1.82) is 0 Å². The van der Waals surface area contributed by atoms with Crippen LogP contribution in [0.5, 0.6) is 34.5 Å². The van der Waals surface area contributed by atoms with Crippen LogP contribution in [0.15, 0.2) is 109 Å². The minimum absolute atomic E-state index is 0.154. The van der Waals surface area contributed by atoms with Crippen LogP contribution in [-0.4, -0.2) is 78.5 Å². The van der Waals surface area contributed by atoms with Gasteiger partial charge in [0, 0.05) is 18.2 Å². The second-order valence-corrected chi connectivity index (χ2v) is 13.5. The summed E-state index contributed by atoms with van der Waals surface area (Å²) in [4.78, 5) is 76.0. The number of carbonyl (C=O) groups is 6. The lowest BCUT2D eigenvalue weighted by molar-refractivity contribution is 0.0586. The minimum Gasteiger partial charge on any atom is -0.465 e. The van der Waals surface area contributed by atoms with Gasteiger partial charge in [-0.15, -0.1) is 0 Å². The van der Waals surface area contributed by atoms with Gasteiger partial charge in [0.2, 0.25) is 0 Å². The Morgan fingerprint density at radius 2 is 0.429 bits per heavy atom. The molecule has 0 unspecified atom stereocenters. The molecule has 0 N–H and O–H groups in total. The highest BCUT2D eigenvalue weighted by molar-refractivity contribution is 6.10. The number of benzene rings is 1. The van der Waals surface area contributed by atoms with E-state index in [2.05, 4.69) is 0 Å². The highest BCUT2D eigenvalue weighted by atomic mass is 16.5. The molecule has 15 heteroatoms. The van der Waals surface area contributed by atoms with Crippen LogP contribution in [0.3, 0.4) is 0 Å². The van der Waals surface area contributed by atoms with Gasteiger partial charge in [0.25, 0.3) is 0 Å². The number of hydrogen-bond donors (Lipinski definition) is 0.